The third-order valence-corrected chi connectivity index (χ3v) is 5.00. The number of piperidine rings is 1. The highest BCUT2D eigenvalue weighted by Gasteiger charge is 2.16. The average Bonchev–Trinajstić information content (AvgIpc) is 3.17. The van der Waals surface area contributed by atoms with Gasteiger partial charge in [0.15, 0.2) is 0 Å². The van der Waals surface area contributed by atoms with E-state index in [0.717, 1.165) is 42.9 Å². The Morgan fingerprint density at radius 1 is 1.48 bits per heavy atom. The van der Waals surface area contributed by atoms with Gasteiger partial charge in [-0.25, -0.2) is 0 Å². The van der Waals surface area contributed by atoms with Crippen molar-refractivity contribution in [3.8, 4) is 0 Å². The Balaban J connectivity index is 1.64. The van der Waals surface area contributed by atoms with Crippen LogP contribution in [0.5, 0.6) is 0 Å². The van der Waals surface area contributed by atoms with Crippen LogP contribution in [0.2, 0.25) is 0 Å². The van der Waals surface area contributed by atoms with E-state index in [1.165, 1.54) is 4.88 Å². The lowest BCUT2D eigenvalue weighted by Gasteiger charge is -2.22. The highest BCUT2D eigenvalue weighted by Crippen LogP contribution is 2.21. The molecule has 5 nitrogen and oxygen atoms in total. The quantitative estimate of drug-likeness (QED) is 0.913. The second kappa shape index (κ2) is 6.41. The minimum Gasteiger partial charge on any atom is -0.319 e. The number of thiophene rings is 1. The van der Waals surface area contributed by atoms with Crippen molar-refractivity contribution < 1.29 is 4.79 Å². The molecule has 0 aliphatic carbocycles. The summed E-state index contributed by atoms with van der Waals surface area (Å²) in [6.07, 6.45) is 6.79. The number of nitrogens with zero attached hydrogens (tertiary/aromatic N) is 2. The van der Waals surface area contributed by atoms with Gasteiger partial charge in [0.25, 0.3) is 5.91 Å². The van der Waals surface area contributed by atoms with E-state index >= 15 is 0 Å². The Morgan fingerprint density at radius 2 is 2.29 bits per heavy atom. The smallest absolute Gasteiger partial charge is 0.265 e. The SMILES string of the molecule is CCc1ccc(C(=O)Nc2cnn(C3CCNCC3)c2)s1. The van der Waals surface area contributed by atoms with E-state index in [-0.39, 0.29) is 5.91 Å². The summed E-state index contributed by atoms with van der Waals surface area (Å²) in [5, 5.41) is 10.7. The predicted octanol–water partition coefficient (Wildman–Crippen LogP) is 2.68. The molecule has 0 spiro atoms. The van der Waals surface area contributed by atoms with E-state index in [9.17, 15) is 4.79 Å². The minimum absolute atomic E-state index is 0.0513. The van der Waals surface area contributed by atoms with Gasteiger partial charge in [-0.2, -0.15) is 5.10 Å². The summed E-state index contributed by atoms with van der Waals surface area (Å²) in [6.45, 7) is 4.15. The van der Waals surface area contributed by atoms with E-state index in [1.807, 2.05) is 23.0 Å². The Hall–Kier alpha value is -1.66. The topological polar surface area (TPSA) is 59.0 Å². The fourth-order valence-corrected chi connectivity index (χ4v) is 3.40. The molecule has 1 aliphatic heterocycles. The first-order chi connectivity index (χ1) is 10.3. The van der Waals surface area contributed by atoms with Gasteiger partial charge in [0.1, 0.15) is 0 Å². The van der Waals surface area contributed by atoms with Crippen molar-refractivity contribution in [1.82, 2.24) is 15.1 Å². The average molecular weight is 304 g/mol. The van der Waals surface area contributed by atoms with Crippen molar-refractivity contribution in [3.05, 3.63) is 34.3 Å². The second-order valence-corrected chi connectivity index (χ2v) is 6.43. The largest absolute Gasteiger partial charge is 0.319 e. The van der Waals surface area contributed by atoms with Gasteiger partial charge >= 0.3 is 0 Å². The molecule has 1 amide bonds. The Bertz CT molecular complexity index is 613. The molecule has 2 N–H and O–H groups in total. The Kier molecular flexibility index (Phi) is 4.36. The molecule has 2 aromatic rings. The van der Waals surface area contributed by atoms with Crippen LogP contribution in [0.25, 0.3) is 0 Å². The number of carbonyl (C=O) groups excluding carboxylic acids is 1. The third kappa shape index (κ3) is 3.33. The minimum atomic E-state index is -0.0513. The summed E-state index contributed by atoms with van der Waals surface area (Å²) in [5.41, 5.74) is 0.769. The maximum absolute atomic E-state index is 12.2. The van der Waals surface area contributed by atoms with Crippen molar-refractivity contribution in [2.24, 2.45) is 0 Å². The summed E-state index contributed by atoms with van der Waals surface area (Å²) in [4.78, 5) is 14.2. The molecule has 1 saturated heterocycles. The van der Waals surface area contributed by atoms with Crippen LogP contribution in [0.15, 0.2) is 24.5 Å². The lowest BCUT2D eigenvalue weighted by atomic mass is 10.1. The number of anilines is 1. The number of nitrogens with one attached hydrogen (secondary N) is 2. The van der Waals surface area contributed by atoms with Gasteiger partial charge in [-0.3, -0.25) is 9.48 Å². The van der Waals surface area contributed by atoms with Crippen LogP contribution in [-0.4, -0.2) is 28.8 Å². The lowest BCUT2D eigenvalue weighted by Crippen LogP contribution is -2.29. The van der Waals surface area contributed by atoms with E-state index < -0.39 is 0 Å². The van der Waals surface area contributed by atoms with E-state index in [2.05, 4.69) is 22.7 Å². The zero-order valence-electron chi connectivity index (χ0n) is 12.1. The van der Waals surface area contributed by atoms with E-state index in [4.69, 9.17) is 0 Å². The summed E-state index contributed by atoms with van der Waals surface area (Å²) >= 11 is 1.55. The number of rotatable bonds is 4. The molecular formula is C15H20N4OS. The lowest BCUT2D eigenvalue weighted by molar-refractivity contribution is 0.103. The van der Waals surface area contributed by atoms with Crippen molar-refractivity contribution >= 4 is 22.9 Å². The molecule has 112 valence electrons. The summed E-state index contributed by atoms with van der Waals surface area (Å²) in [7, 11) is 0. The van der Waals surface area contributed by atoms with Gasteiger partial charge in [-0.1, -0.05) is 6.92 Å². The molecule has 2 aromatic heterocycles. The Labute approximate surface area is 128 Å². The normalized spacial score (nSPS) is 16.0. The van der Waals surface area contributed by atoms with Crippen LogP contribution >= 0.6 is 11.3 Å². The van der Waals surface area contributed by atoms with Crippen molar-refractivity contribution in [2.75, 3.05) is 18.4 Å². The van der Waals surface area contributed by atoms with Crippen LogP contribution in [0, 0.1) is 0 Å². The van der Waals surface area contributed by atoms with E-state index in [0.29, 0.717) is 6.04 Å². The fourth-order valence-electron chi connectivity index (χ4n) is 2.56. The van der Waals surface area contributed by atoms with Gasteiger partial charge < -0.3 is 10.6 Å². The van der Waals surface area contributed by atoms with Crippen LogP contribution in [0.1, 0.15) is 40.4 Å². The zero-order chi connectivity index (χ0) is 14.7. The molecule has 0 bridgehead atoms. The summed E-state index contributed by atoms with van der Waals surface area (Å²) in [5.74, 6) is -0.0513. The van der Waals surface area contributed by atoms with Gasteiger partial charge in [0.2, 0.25) is 0 Å². The van der Waals surface area contributed by atoms with Gasteiger partial charge in [0, 0.05) is 11.1 Å². The van der Waals surface area contributed by atoms with E-state index in [1.54, 1.807) is 17.5 Å². The summed E-state index contributed by atoms with van der Waals surface area (Å²) in [6, 6.07) is 4.33. The molecule has 0 unspecified atom stereocenters. The molecule has 21 heavy (non-hydrogen) atoms. The van der Waals surface area contributed by atoms with Crippen molar-refractivity contribution in [1.29, 1.82) is 0 Å². The highest BCUT2D eigenvalue weighted by atomic mass is 32.1. The molecular weight excluding hydrogens is 284 g/mol. The molecule has 0 atom stereocenters. The molecule has 0 radical (unpaired) electrons. The Morgan fingerprint density at radius 3 is 3.00 bits per heavy atom. The predicted molar refractivity (Wildman–Crippen MR) is 85.0 cm³/mol. The molecule has 6 heteroatoms. The number of amides is 1. The number of aromatic nitrogens is 2. The van der Waals surface area contributed by atoms with Crippen LogP contribution in [0.3, 0.4) is 0 Å². The first-order valence-corrected chi connectivity index (χ1v) is 8.23. The zero-order valence-corrected chi connectivity index (χ0v) is 12.9. The molecule has 0 aromatic carbocycles. The van der Waals surface area contributed by atoms with Crippen molar-refractivity contribution in [3.63, 3.8) is 0 Å². The standard InChI is InChI=1S/C15H20N4OS/c1-2-13-3-4-14(21-13)15(20)18-11-9-17-19(10-11)12-5-7-16-8-6-12/h3-4,9-10,12,16H,2,5-8H2,1H3,(H,18,20). The maximum Gasteiger partial charge on any atom is 0.265 e. The van der Waals surface area contributed by atoms with Gasteiger partial charge in [0.05, 0.1) is 22.8 Å². The number of hydrogen-bond acceptors (Lipinski definition) is 4. The first-order valence-electron chi connectivity index (χ1n) is 7.41. The van der Waals surface area contributed by atoms with Crippen LogP contribution in [-0.2, 0) is 6.42 Å². The van der Waals surface area contributed by atoms with Crippen LogP contribution in [0.4, 0.5) is 5.69 Å². The second-order valence-electron chi connectivity index (χ2n) is 5.26. The molecule has 1 aliphatic rings. The highest BCUT2D eigenvalue weighted by molar-refractivity contribution is 7.14. The van der Waals surface area contributed by atoms with Gasteiger partial charge in [-0.05, 0) is 44.5 Å². The molecule has 3 rings (SSSR count). The fraction of sp³-hybridized carbons (Fsp3) is 0.467. The van der Waals surface area contributed by atoms with Crippen LogP contribution < -0.4 is 10.6 Å². The molecule has 1 fully saturated rings. The molecule has 0 saturated carbocycles. The number of hydrogen-bond donors (Lipinski definition) is 2. The third-order valence-electron chi connectivity index (χ3n) is 3.78. The monoisotopic (exact) mass is 304 g/mol. The van der Waals surface area contributed by atoms with Gasteiger partial charge in [-0.15, -0.1) is 11.3 Å². The molecule has 3 heterocycles. The number of carbonyl (C=O) groups is 1. The maximum atomic E-state index is 12.2. The van der Waals surface area contributed by atoms with Crippen molar-refractivity contribution in [2.45, 2.75) is 32.2 Å². The first kappa shape index (κ1) is 14.3. The number of aryl methyl sites for hydroxylation is 1. The summed E-state index contributed by atoms with van der Waals surface area (Å²) < 4.78 is 1.97.